The fraction of sp³-hybridized carbons (Fsp3) is 0.243. The Hall–Kier alpha value is -4.84. The third-order valence-corrected chi connectivity index (χ3v) is 7.41. The first kappa shape index (κ1) is 29.6. The molecule has 4 aromatic rings. The second-order valence-electron chi connectivity index (χ2n) is 10.3. The first-order valence-corrected chi connectivity index (χ1v) is 14.7. The van der Waals surface area contributed by atoms with E-state index >= 15 is 0 Å². The van der Waals surface area contributed by atoms with Crippen LogP contribution in [0.5, 0.6) is 17.2 Å². The van der Waals surface area contributed by atoms with Crippen molar-refractivity contribution < 1.29 is 23.7 Å². The molecule has 0 aromatic heterocycles. The van der Waals surface area contributed by atoms with Gasteiger partial charge in [0.05, 0.1) is 20.3 Å². The molecule has 0 bridgehead atoms. The Morgan fingerprint density at radius 2 is 1.44 bits per heavy atom. The maximum atomic E-state index is 11.0. The van der Waals surface area contributed by atoms with E-state index in [-0.39, 0.29) is 12.0 Å². The van der Waals surface area contributed by atoms with Crippen LogP contribution < -0.4 is 14.2 Å². The number of carbonyl (C=O) groups excluding carboxylic acids is 1. The van der Waals surface area contributed by atoms with Gasteiger partial charge >= 0.3 is 5.97 Å². The summed E-state index contributed by atoms with van der Waals surface area (Å²) < 4.78 is 22.6. The molecule has 0 atom stereocenters. The molecule has 1 aliphatic rings. The van der Waals surface area contributed by atoms with Crippen molar-refractivity contribution in [2.45, 2.75) is 38.3 Å². The molecule has 43 heavy (non-hydrogen) atoms. The lowest BCUT2D eigenvalue weighted by molar-refractivity contribution is -0.137. The van der Waals surface area contributed by atoms with Gasteiger partial charge in [0.2, 0.25) is 0 Å². The number of ether oxygens (including phenoxy) is 4. The second kappa shape index (κ2) is 14.9. The maximum absolute atomic E-state index is 11.0. The summed E-state index contributed by atoms with van der Waals surface area (Å²) in [6.45, 7) is 4.91. The van der Waals surface area contributed by atoms with Crippen molar-refractivity contribution in [3.05, 3.63) is 126 Å². The monoisotopic (exact) mass is 575 g/mol. The van der Waals surface area contributed by atoms with Gasteiger partial charge in [-0.1, -0.05) is 67.2 Å². The van der Waals surface area contributed by atoms with Gasteiger partial charge in [-0.25, -0.2) is 4.79 Å². The molecule has 5 rings (SSSR count). The summed E-state index contributed by atoms with van der Waals surface area (Å²) in [5.74, 6) is 1.96. The van der Waals surface area contributed by atoms with Gasteiger partial charge in [0.15, 0.2) is 0 Å². The smallest absolute Gasteiger partial charge is 0.330 e. The van der Waals surface area contributed by atoms with Crippen LogP contribution in [-0.4, -0.2) is 32.5 Å². The minimum atomic E-state index is -0.367. The highest BCUT2D eigenvalue weighted by atomic mass is 16.5. The van der Waals surface area contributed by atoms with E-state index in [1.54, 1.807) is 7.11 Å². The van der Waals surface area contributed by atoms with Crippen LogP contribution in [0.3, 0.4) is 0 Å². The summed E-state index contributed by atoms with van der Waals surface area (Å²) in [5.41, 5.74) is 6.81. The Morgan fingerprint density at radius 3 is 2.12 bits per heavy atom. The molecule has 220 valence electrons. The second-order valence-corrected chi connectivity index (χ2v) is 10.3. The quantitative estimate of drug-likeness (QED) is 0.0620. The van der Waals surface area contributed by atoms with Gasteiger partial charge in [-0.05, 0) is 83.8 Å². The third-order valence-electron chi connectivity index (χ3n) is 7.41. The van der Waals surface area contributed by atoms with Gasteiger partial charge in [-0.3, -0.25) is 4.99 Å². The lowest BCUT2D eigenvalue weighted by atomic mass is 10.1. The van der Waals surface area contributed by atoms with E-state index in [4.69, 9.17) is 23.9 Å². The molecule has 0 heterocycles. The van der Waals surface area contributed by atoms with Crippen molar-refractivity contribution in [1.82, 2.24) is 0 Å². The predicted molar refractivity (Wildman–Crippen MR) is 170 cm³/mol. The molecule has 0 unspecified atom stereocenters. The first-order valence-electron chi connectivity index (χ1n) is 14.7. The van der Waals surface area contributed by atoms with Gasteiger partial charge < -0.3 is 18.9 Å². The van der Waals surface area contributed by atoms with Crippen LogP contribution in [0, 0.1) is 0 Å². The zero-order valence-corrected chi connectivity index (χ0v) is 24.5. The number of nitrogens with zero attached hydrogens (tertiary/aromatic N) is 1. The normalized spacial score (nSPS) is 12.0. The summed E-state index contributed by atoms with van der Waals surface area (Å²) in [6, 6.07) is 30.6. The van der Waals surface area contributed by atoms with E-state index in [1.807, 2.05) is 48.7 Å². The van der Waals surface area contributed by atoms with E-state index in [2.05, 4.69) is 55.1 Å². The lowest BCUT2D eigenvalue weighted by Gasteiger charge is -2.12. The standard InChI is InChI=1S/C37H37NO5/c1-3-36(39)42-23-11-5-4-10-22-41-29-18-16-27(17-19-29)26-43-30-20-21-35(40-2)28(24-30)25-38-37-33-14-8-6-12-31(33)32-13-7-9-15-34(32)37/h3,6-9,12-21,24-25,37H,1,4-5,10-11,22-23,26H2,2H3. The SMILES string of the molecule is C=CC(=O)OCCCCCCOc1ccc(COc2ccc(OC)c(C=NC3c4ccccc4-c4ccccc43)c2)cc1. The van der Waals surface area contributed by atoms with Crippen LogP contribution in [-0.2, 0) is 16.1 Å². The zero-order chi connectivity index (χ0) is 29.9. The van der Waals surface area contributed by atoms with Gasteiger partial charge in [0, 0.05) is 17.9 Å². The molecular formula is C37H37NO5. The van der Waals surface area contributed by atoms with Crippen molar-refractivity contribution in [3.63, 3.8) is 0 Å². The molecule has 0 saturated carbocycles. The Labute approximate surface area is 253 Å². The fourth-order valence-electron chi connectivity index (χ4n) is 5.18. The lowest BCUT2D eigenvalue weighted by Crippen LogP contribution is -2.02. The van der Waals surface area contributed by atoms with Crippen molar-refractivity contribution >= 4 is 12.2 Å². The van der Waals surface area contributed by atoms with Crippen LogP contribution in [0.15, 0.2) is 109 Å². The zero-order valence-electron chi connectivity index (χ0n) is 24.5. The minimum Gasteiger partial charge on any atom is -0.496 e. The fourth-order valence-corrected chi connectivity index (χ4v) is 5.18. The molecule has 6 heteroatoms. The number of unbranched alkanes of at least 4 members (excludes halogenated alkanes) is 3. The molecule has 1 aliphatic carbocycles. The van der Waals surface area contributed by atoms with Crippen molar-refractivity contribution in [3.8, 4) is 28.4 Å². The van der Waals surface area contributed by atoms with E-state index in [0.717, 1.165) is 54.1 Å². The summed E-state index contributed by atoms with van der Waals surface area (Å²) in [6.07, 6.45) is 6.88. The molecule has 0 amide bonds. The summed E-state index contributed by atoms with van der Waals surface area (Å²) in [7, 11) is 1.67. The number of fused-ring (bicyclic) bond motifs is 3. The van der Waals surface area contributed by atoms with Crippen LogP contribution in [0.25, 0.3) is 11.1 Å². The first-order chi connectivity index (χ1) is 21.2. The van der Waals surface area contributed by atoms with E-state index in [1.165, 1.54) is 28.3 Å². The van der Waals surface area contributed by atoms with E-state index in [9.17, 15) is 4.79 Å². The Bertz CT molecular complexity index is 1510. The molecule has 0 aliphatic heterocycles. The number of hydrogen-bond acceptors (Lipinski definition) is 6. The van der Waals surface area contributed by atoms with Crippen LogP contribution in [0.4, 0.5) is 0 Å². The Kier molecular flexibility index (Phi) is 10.3. The largest absolute Gasteiger partial charge is 0.496 e. The number of aliphatic imine (C=N–C) groups is 1. The Balaban J connectivity index is 1.13. The maximum Gasteiger partial charge on any atom is 0.330 e. The van der Waals surface area contributed by atoms with Crippen molar-refractivity contribution in [2.75, 3.05) is 20.3 Å². The van der Waals surface area contributed by atoms with Crippen molar-refractivity contribution in [2.24, 2.45) is 4.99 Å². The number of esters is 1. The summed E-state index contributed by atoms with van der Waals surface area (Å²) >= 11 is 0. The number of methoxy groups -OCH3 is 1. The molecule has 0 spiro atoms. The third kappa shape index (κ3) is 7.72. The number of rotatable bonds is 15. The van der Waals surface area contributed by atoms with Gasteiger partial charge in [0.1, 0.15) is 29.9 Å². The summed E-state index contributed by atoms with van der Waals surface area (Å²) in [4.78, 5) is 16.0. The molecular weight excluding hydrogens is 538 g/mol. The predicted octanol–water partition coefficient (Wildman–Crippen LogP) is 8.13. The highest BCUT2D eigenvalue weighted by Crippen LogP contribution is 2.45. The highest BCUT2D eigenvalue weighted by molar-refractivity contribution is 5.86. The molecule has 0 saturated heterocycles. The minimum absolute atomic E-state index is 0.0589. The molecule has 6 nitrogen and oxygen atoms in total. The molecule has 0 fully saturated rings. The molecule has 0 N–H and O–H groups in total. The van der Waals surface area contributed by atoms with Gasteiger partial charge in [-0.2, -0.15) is 0 Å². The van der Waals surface area contributed by atoms with Gasteiger partial charge in [0.25, 0.3) is 0 Å². The number of carbonyl (C=O) groups is 1. The average Bonchev–Trinajstić information content (AvgIpc) is 3.38. The number of hydrogen-bond donors (Lipinski definition) is 0. The van der Waals surface area contributed by atoms with Crippen LogP contribution in [0.1, 0.15) is 54.0 Å². The van der Waals surface area contributed by atoms with Crippen LogP contribution in [0.2, 0.25) is 0 Å². The van der Waals surface area contributed by atoms with E-state index in [0.29, 0.717) is 19.8 Å². The topological polar surface area (TPSA) is 66.4 Å². The van der Waals surface area contributed by atoms with Crippen molar-refractivity contribution in [1.29, 1.82) is 0 Å². The Morgan fingerprint density at radius 1 is 0.791 bits per heavy atom. The number of benzene rings is 4. The average molecular weight is 576 g/mol. The van der Waals surface area contributed by atoms with E-state index < -0.39 is 0 Å². The van der Waals surface area contributed by atoms with Gasteiger partial charge in [-0.15, -0.1) is 0 Å². The summed E-state index contributed by atoms with van der Waals surface area (Å²) in [5, 5.41) is 0. The highest BCUT2D eigenvalue weighted by Gasteiger charge is 2.27. The molecule has 0 radical (unpaired) electrons. The molecule has 4 aromatic carbocycles. The van der Waals surface area contributed by atoms with Crippen LogP contribution >= 0.6 is 0 Å².